The molecule has 0 saturated heterocycles. The third-order valence-corrected chi connectivity index (χ3v) is 2.75. The van der Waals surface area contributed by atoms with Crippen molar-refractivity contribution in [3.05, 3.63) is 65.5 Å². The maximum Gasteiger partial charge on any atom is 0.102 e. The summed E-state index contributed by atoms with van der Waals surface area (Å²) in [5, 5.41) is 2.32. The Morgan fingerprint density at radius 3 is 2.50 bits per heavy atom. The van der Waals surface area contributed by atoms with Crippen LogP contribution in [0.1, 0.15) is 16.7 Å². The van der Waals surface area contributed by atoms with Crippen LogP contribution in [0.4, 0.5) is 0 Å². The molecule has 0 aliphatic rings. The van der Waals surface area contributed by atoms with E-state index in [-0.39, 0.29) is 0 Å². The summed E-state index contributed by atoms with van der Waals surface area (Å²) in [7, 11) is 0. The van der Waals surface area contributed by atoms with Gasteiger partial charge in [0, 0.05) is 23.5 Å². The maximum atomic E-state index is 4.01. The Labute approximate surface area is 96.4 Å². The summed E-state index contributed by atoms with van der Waals surface area (Å²) in [5.74, 6) is 0. The number of aryl methyl sites for hydroxylation is 1. The summed E-state index contributed by atoms with van der Waals surface area (Å²) in [6.07, 6.45) is 3.69. The van der Waals surface area contributed by atoms with E-state index in [1.54, 1.807) is 0 Å². The highest BCUT2D eigenvalue weighted by molar-refractivity contribution is 5.24. The van der Waals surface area contributed by atoms with Crippen LogP contribution in [0, 0.1) is 6.92 Å². The first kappa shape index (κ1) is 10.8. The normalized spacial score (nSPS) is 10.3. The van der Waals surface area contributed by atoms with E-state index >= 15 is 0 Å². The molecule has 0 spiro atoms. The van der Waals surface area contributed by atoms with Gasteiger partial charge in [0.2, 0.25) is 0 Å². The van der Waals surface area contributed by atoms with Gasteiger partial charge in [0.15, 0.2) is 0 Å². The molecule has 2 aromatic rings. The maximum absolute atomic E-state index is 4.01. The number of hydrogen-bond acceptors (Lipinski definition) is 1. The zero-order valence-electron chi connectivity index (χ0n) is 9.56. The predicted octanol–water partition coefficient (Wildman–Crippen LogP) is 1.65. The fraction of sp³-hybridized carbons (Fsp3) is 0.214. The molecule has 2 rings (SSSR count). The average Bonchev–Trinajstić information content (AvgIpc) is 2.33. The highest BCUT2D eigenvalue weighted by Crippen LogP contribution is 2.04. The molecule has 0 fully saturated rings. The number of nitrogens with two attached hydrogens (primary N) is 1. The van der Waals surface area contributed by atoms with Crippen LogP contribution >= 0.6 is 0 Å². The van der Waals surface area contributed by atoms with Crippen LogP contribution in [-0.2, 0) is 13.1 Å². The standard InChI is InChI=1S/C14H16N2/c1-12-4-2-3-5-14(12)11-16-10-13-6-8-15-9-7-13/h2-9,16H,10-11H2,1H3/p+1. The summed E-state index contributed by atoms with van der Waals surface area (Å²) in [5.41, 5.74) is 4.11. The molecule has 2 nitrogen and oxygen atoms in total. The van der Waals surface area contributed by atoms with Gasteiger partial charge in [-0.3, -0.25) is 4.98 Å². The van der Waals surface area contributed by atoms with E-state index in [4.69, 9.17) is 0 Å². The molecule has 16 heavy (non-hydrogen) atoms. The molecule has 1 aromatic carbocycles. The van der Waals surface area contributed by atoms with E-state index in [0.29, 0.717) is 0 Å². The van der Waals surface area contributed by atoms with Crippen molar-refractivity contribution in [3.63, 3.8) is 0 Å². The van der Waals surface area contributed by atoms with Crippen LogP contribution in [0.3, 0.4) is 0 Å². The topological polar surface area (TPSA) is 29.5 Å². The van der Waals surface area contributed by atoms with Crippen LogP contribution in [0.2, 0.25) is 0 Å². The number of benzene rings is 1. The Hall–Kier alpha value is -1.67. The molecule has 0 atom stereocenters. The monoisotopic (exact) mass is 213 g/mol. The first-order valence-corrected chi connectivity index (χ1v) is 5.61. The zero-order chi connectivity index (χ0) is 11.2. The number of pyridine rings is 1. The minimum Gasteiger partial charge on any atom is -0.339 e. The van der Waals surface area contributed by atoms with Gasteiger partial charge in [-0.05, 0) is 24.6 Å². The molecular formula is C14H17N2+. The smallest absolute Gasteiger partial charge is 0.102 e. The Bertz CT molecular complexity index is 437. The summed E-state index contributed by atoms with van der Waals surface area (Å²) >= 11 is 0. The Balaban J connectivity index is 1.87. The predicted molar refractivity (Wildman–Crippen MR) is 64.7 cm³/mol. The van der Waals surface area contributed by atoms with Crippen LogP contribution < -0.4 is 5.32 Å². The van der Waals surface area contributed by atoms with Gasteiger partial charge in [-0.15, -0.1) is 0 Å². The van der Waals surface area contributed by atoms with Crippen molar-refractivity contribution in [1.82, 2.24) is 4.98 Å². The van der Waals surface area contributed by atoms with Gasteiger partial charge < -0.3 is 5.32 Å². The van der Waals surface area contributed by atoms with Gasteiger partial charge in [-0.2, -0.15) is 0 Å². The minimum absolute atomic E-state index is 1.01. The molecule has 0 aliphatic carbocycles. The number of quaternary nitrogens is 1. The lowest BCUT2D eigenvalue weighted by Crippen LogP contribution is -2.80. The van der Waals surface area contributed by atoms with E-state index in [9.17, 15) is 0 Å². The number of aromatic nitrogens is 1. The highest BCUT2D eigenvalue weighted by atomic mass is 14.8. The molecule has 1 aromatic heterocycles. The largest absolute Gasteiger partial charge is 0.339 e. The first-order chi connectivity index (χ1) is 7.86. The molecule has 0 saturated carbocycles. The second kappa shape index (κ2) is 5.42. The summed E-state index contributed by atoms with van der Waals surface area (Å²) in [6, 6.07) is 12.7. The number of hydrogen-bond donors (Lipinski definition) is 1. The second-order valence-electron chi connectivity index (χ2n) is 3.98. The summed E-state index contributed by atoms with van der Waals surface area (Å²) < 4.78 is 0. The molecule has 2 N–H and O–H groups in total. The second-order valence-corrected chi connectivity index (χ2v) is 3.98. The summed E-state index contributed by atoms with van der Waals surface area (Å²) in [6.45, 7) is 4.21. The highest BCUT2D eigenvalue weighted by Gasteiger charge is 1.99. The molecule has 0 bridgehead atoms. The van der Waals surface area contributed by atoms with Gasteiger partial charge in [-0.1, -0.05) is 24.3 Å². The lowest BCUT2D eigenvalue weighted by atomic mass is 10.1. The molecule has 1 heterocycles. The Morgan fingerprint density at radius 2 is 1.75 bits per heavy atom. The van der Waals surface area contributed by atoms with E-state index < -0.39 is 0 Å². The van der Waals surface area contributed by atoms with Crippen LogP contribution in [-0.4, -0.2) is 4.98 Å². The van der Waals surface area contributed by atoms with E-state index in [0.717, 1.165) is 13.1 Å². The van der Waals surface area contributed by atoms with Gasteiger partial charge in [-0.25, -0.2) is 0 Å². The molecular weight excluding hydrogens is 196 g/mol. The minimum atomic E-state index is 1.01. The fourth-order valence-electron chi connectivity index (χ4n) is 1.75. The van der Waals surface area contributed by atoms with Gasteiger partial charge in [0.05, 0.1) is 0 Å². The molecule has 2 heteroatoms. The van der Waals surface area contributed by atoms with Crippen molar-refractivity contribution in [2.45, 2.75) is 20.0 Å². The van der Waals surface area contributed by atoms with Crippen LogP contribution in [0.25, 0.3) is 0 Å². The van der Waals surface area contributed by atoms with Crippen molar-refractivity contribution >= 4 is 0 Å². The van der Waals surface area contributed by atoms with Crippen molar-refractivity contribution in [2.75, 3.05) is 0 Å². The van der Waals surface area contributed by atoms with E-state index in [1.807, 2.05) is 12.4 Å². The molecule has 82 valence electrons. The van der Waals surface area contributed by atoms with Crippen molar-refractivity contribution in [2.24, 2.45) is 0 Å². The quantitative estimate of drug-likeness (QED) is 0.822. The van der Waals surface area contributed by atoms with E-state index in [1.165, 1.54) is 16.7 Å². The summed E-state index contributed by atoms with van der Waals surface area (Å²) in [4.78, 5) is 4.01. The molecule has 0 radical (unpaired) electrons. The molecule has 0 amide bonds. The lowest BCUT2D eigenvalue weighted by molar-refractivity contribution is -0.686. The van der Waals surface area contributed by atoms with E-state index in [2.05, 4.69) is 53.6 Å². The SMILES string of the molecule is Cc1ccccc1C[NH2+]Cc1ccncc1. The van der Waals surface area contributed by atoms with Crippen LogP contribution in [0.15, 0.2) is 48.8 Å². The van der Waals surface area contributed by atoms with Gasteiger partial charge in [0.25, 0.3) is 0 Å². The van der Waals surface area contributed by atoms with Crippen molar-refractivity contribution < 1.29 is 5.32 Å². The zero-order valence-corrected chi connectivity index (χ0v) is 9.56. The molecule has 0 aliphatic heterocycles. The first-order valence-electron chi connectivity index (χ1n) is 5.61. The van der Waals surface area contributed by atoms with Crippen LogP contribution in [0.5, 0.6) is 0 Å². The third-order valence-electron chi connectivity index (χ3n) is 2.75. The number of rotatable bonds is 4. The Kier molecular flexibility index (Phi) is 3.67. The fourth-order valence-corrected chi connectivity index (χ4v) is 1.75. The molecule has 0 unspecified atom stereocenters. The Morgan fingerprint density at radius 1 is 1.00 bits per heavy atom. The van der Waals surface area contributed by atoms with Crippen molar-refractivity contribution in [3.8, 4) is 0 Å². The van der Waals surface area contributed by atoms with Gasteiger partial charge >= 0.3 is 0 Å². The lowest BCUT2D eigenvalue weighted by Gasteiger charge is -2.04. The third kappa shape index (κ3) is 2.91. The average molecular weight is 213 g/mol. The van der Waals surface area contributed by atoms with Gasteiger partial charge in [0.1, 0.15) is 13.1 Å². The number of nitrogens with zero attached hydrogens (tertiary/aromatic N) is 1. The van der Waals surface area contributed by atoms with Crippen molar-refractivity contribution in [1.29, 1.82) is 0 Å².